The van der Waals surface area contributed by atoms with E-state index in [1.165, 1.54) is 11.1 Å². The van der Waals surface area contributed by atoms with Gasteiger partial charge in [-0.15, -0.1) is 0 Å². The summed E-state index contributed by atoms with van der Waals surface area (Å²) in [4.78, 5) is 9.97. The Balaban J connectivity index is 1.51. The molecule has 4 rings (SSSR count). The minimum atomic E-state index is -0.350. The van der Waals surface area contributed by atoms with Gasteiger partial charge in [-0.2, -0.15) is 0 Å². The largest absolute Gasteiger partial charge is 0.478 e. The number of rotatable bonds is 8. The summed E-state index contributed by atoms with van der Waals surface area (Å²) in [5.41, 5.74) is 2.24. The van der Waals surface area contributed by atoms with Crippen LogP contribution in [0.25, 0.3) is 0 Å². The van der Waals surface area contributed by atoms with Crippen LogP contribution in [-0.2, 0) is 22.3 Å². The molecular formula is C25H30N2O2. The molecule has 29 heavy (non-hydrogen) atoms. The lowest BCUT2D eigenvalue weighted by atomic mass is 9.81. The summed E-state index contributed by atoms with van der Waals surface area (Å²) >= 11 is 0. The lowest BCUT2D eigenvalue weighted by Crippen LogP contribution is -2.39. The van der Waals surface area contributed by atoms with Gasteiger partial charge >= 0.3 is 0 Å². The van der Waals surface area contributed by atoms with Crippen LogP contribution in [0.4, 0.5) is 0 Å². The first-order valence-corrected chi connectivity index (χ1v) is 10.7. The van der Waals surface area contributed by atoms with E-state index in [9.17, 15) is 0 Å². The summed E-state index contributed by atoms with van der Waals surface area (Å²) in [5.74, 6) is 1.62. The molecule has 4 heteroatoms. The number of hydrogen-bond donors (Lipinski definition) is 0. The van der Waals surface area contributed by atoms with E-state index in [4.69, 9.17) is 19.5 Å². The first-order chi connectivity index (χ1) is 14.2. The molecule has 4 nitrogen and oxygen atoms in total. The molecule has 0 radical (unpaired) electrons. The fraction of sp³-hybridized carbons (Fsp3) is 0.440. The Morgan fingerprint density at radius 1 is 0.724 bits per heavy atom. The highest BCUT2D eigenvalue weighted by atomic mass is 16.5. The van der Waals surface area contributed by atoms with Crippen LogP contribution >= 0.6 is 0 Å². The highest BCUT2D eigenvalue weighted by Crippen LogP contribution is 2.36. The zero-order valence-corrected chi connectivity index (χ0v) is 17.4. The molecule has 2 aliphatic rings. The number of hydrogen-bond acceptors (Lipinski definition) is 4. The minimum Gasteiger partial charge on any atom is -0.478 e. The van der Waals surface area contributed by atoms with Crippen molar-refractivity contribution in [2.24, 2.45) is 15.4 Å². The summed E-state index contributed by atoms with van der Waals surface area (Å²) in [6.07, 6.45) is 3.55. The molecule has 0 spiro atoms. The van der Waals surface area contributed by atoms with Crippen molar-refractivity contribution in [2.45, 2.75) is 51.6 Å². The Bertz CT molecular complexity index is 787. The fourth-order valence-electron chi connectivity index (χ4n) is 4.28. The predicted octanol–water partition coefficient (Wildman–Crippen LogP) is 4.87. The number of ether oxygens (including phenoxy) is 2. The van der Waals surface area contributed by atoms with E-state index in [0.717, 1.165) is 37.5 Å². The molecule has 0 fully saturated rings. The van der Waals surface area contributed by atoms with E-state index in [0.29, 0.717) is 13.2 Å². The van der Waals surface area contributed by atoms with Gasteiger partial charge in [0.2, 0.25) is 0 Å². The van der Waals surface area contributed by atoms with Crippen molar-refractivity contribution in [3.05, 3.63) is 71.8 Å². The second-order valence-corrected chi connectivity index (χ2v) is 7.97. The van der Waals surface area contributed by atoms with E-state index >= 15 is 0 Å². The Labute approximate surface area is 173 Å². The van der Waals surface area contributed by atoms with Crippen molar-refractivity contribution in [2.75, 3.05) is 13.2 Å². The SMILES string of the molecule is CCC(CC)(C1=N[C@H](Cc2ccccc2)CO1)C1=N[C@H](Cc2ccccc2)CO1. The lowest BCUT2D eigenvalue weighted by Gasteiger charge is -2.29. The maximum Gasteiger partial charge on any atom is 0.199 e. The molecule has 2 heterocycles. The van der Waals surface area contributed by atoms with Gasteiger partial charge in [0.25, 0.3) is 0 Å². The molecule has 2 aromatic carbocycles. The normalized spacial score (nSPS) is 21.3. The predicted molar refractivity (Wildman–Crippen MR) is 118 cm³/mol. The minimum absolute atomic E-state index is 0.159. The highest BCUT2D eigenvalue weighted by molar-refractivity contribution is 6.06. The number of nitrogens with zero attached hydrogens (tertiary/aromatic N) is 2. The topological polar surface area (TPSA) is 43.2 Å². The van der Waals surface area contributed by atoms with E-state index in [-0.39, 0.29) is 17.5 Å². The molecule has 0 N–H and O–H groups in total. The van der Waals surface area contributed by atoms with Crippen molar-refractivity contribution in [3.63, 3.8) is 0 Å². The Morgan fingerprint density at radius 3 is 1.52 bits per heavy atom. The zero-order chi connectivity index (χ0) is 20.1. The summed E-state index contributed by atoms with van der Waals surface area (Å²) in [5, 5.41) is 0. The van der Waals surface area contributed by atoms with Gasteiger partial charge in [-0.05, 0) is 36.8 Å². The smallest absolute Gasteiger partial charge is 0.199 e. The molecule has 0 aliphatic carbocycles. The van der Waals surface area contributed by atoms with Gasteiger partial charge in [0.1, 0.15) is 18.6 Å². The molecule has 2 atom stereocenters. The number of aliphatic imine (C=N–C) groups is 2. The Kier molecular flexibility index (Phi) is 5.98. The first-order valence-electron chi connectivity index (χ1n) is 10.7. The maximum atomic E-state index is 6.14. The third-order valence-corrected chi connectivity index (χ3v) is 6.08. The molecule has 2 aliphatic heterocycles. The fourth-order valence-corrected chi connectivity index (χ4v) is 4.28. The van der Waals surface area contributed by atoms with Crippen molar-refractivity contribution in [3.8, 4) is 0 Å². The summed E-state index contributed by atoms with van der Waals surface area (Å²) in [6, 6.07) is 21.3. The number of benzene rings is 2. The van der Waals surface area contributed by atoms with Crippen molar-refractivity contribution >= 4 is 11.8 Å². The van der Waals surface area contributed by atoms with Gasteiger partial charge in [-0.25, -0.2) is 9.98 Å². The van der Waals surface area contributed by atoms with Crippen molar-refractivity contribution in [1.82, 2.24) is 0 Å². The highest BCUT2D eigenvalue weighted by Gasteiger charge is 2.46. The molecule has 0 saturated carbocycles. The summed E-state index contributed by atoms with van der Waals surface area (Å²) in [7, 11) is 0. The molecular weight excluding hydrogens is 360 g/mol. The molecule has 2 aromatic rings. The summed E-state index contributed by atoms with van der Waals surface area (Å²) in [6.45, 7) is 5.62. The second kappa shape index (κ2) is 8.81. The average molecular weight is 391 g/mol. The van der Waals surface area contributed by atoms with Crippen LogP contribution in [0.1, 0.15) is 37.8 Å². The van der Waals surface area contributed by atoms with Crippen LogP contribution in [0, 0.1) is 5.41 Å². The quantitative estimate of drug-likeness (QED) is 0.645. The standard InChI is InChI=1S/C25H30N2O2/c1-3-25(4-2,23-26-21(17-28-23)15-19-11-7-5-8-12-19)24-27-22(18-29-24)16-20-13-9-6-10-14-20/h5-14,21-22H,3-4,15-18H2,1-2H3/t21-,22-/m1/s1. The maximum absolute atomic E-state index is 6.14. The van der Waals surface area contributed by atoms with E-state index in [1.807, 2.05) is 12.1 Å². The van der Waals surface area contributed by atoms with Crippen LogP contribution in [-0.4, -0.2) is 37.1 Å². The average Bonchev–Trinajstić information content (AvgIpc) is 3.42. The first kappa shape index (κ1) is 19.7. The van der Waals surface area contributed by atoms with Crippen LogP contribution in [0.2, 0.25) is 0 Å². The zero-order valence-electron chi connectivity index (χ0n) is 17.4. The van der Waals surface area contributed by atoms with Gasteiger partial charge in [0.05, 0.1) is 12.1 Å². The lowest BCUT2D eigenvalue weighted by molar-refractivity contribution is 0.244. The van der Waals surface area contributed by atoms with Gasteiger partial charge in [0.15, 0.2) is 11.8 Å². The molecule has 0 saturated heterocycles. The summed E-state index contributed by atoms with van der Waals surface area (Å²) < 4.78 is 12.3. The van der Waals surface area contributed by atoms with Crippen LogP contribution in [0.15, 0.2) is 70.6 Å². The van der Waals surface area contributed by atoms with Gasteiger partial charge in [-0.3, -0.25) is 0 Å². The Hall–Kier alpha value is -2.62. The van der Waals surface area contributed by atoms with Gasteiger partial charge in [0, 0.05) is 0 Å². The second-order valence-electron chi connectivity index (χ2n) is 7.97. The van der Waals surface area contributed by atoms with E-state index < -0.39 is 0 Å². The molecule has 152 valence electrons. The molecule has 0 unspecified atom stereocenters. The Morgan fingerprint density at radius 2 is 1.14 bits per heavy atom. The van der Waals surface area contributed by atoms with Crippen molar-refractivity contribution < 1.29 is 9.47 Å². The van der Waals surface area contributed by atoms with Crippen LogP contribution < -0.4 is 0 Å². The van der Waals surface area contributed by atoms with E-state index in [2.05, 4.69) is 62.4 Å². The third kappa shape index (κ3) is 4.21. The molecule has 0 aromatic heterocycles. The van der Waals surface area contributed by atoms with Gasteiger partial charge < -0.3 is 9.47 Å². The molecule has 0 amide bonds. The van der Waals surface area contributed by atoms with Crippen molar-refractivity contribution in [1.29, 1.82) is 0 Å². The van der Waals surface area contributed by atoms with Crippen LogP contribution in [0.5, 0.6) is 0 Å². The van der Waals surface area contributed by atoms with Crippen LogP contribution in [0.3, 0.4) is 0 Å². The van der Waals surface area contributed by atoms with E-state index in [1.54, 1.807) is 0 Å². The third-order valence-electron chi connectivity index (χ3n) is 6.08. The monoisotopic (exact) mass is 390 g/mol. The van der Waals surface area contributed by atoms with Gasteiger partial charge in [-0.1, -0.05) is 74.5 Å². The molecule has 0 bridgehead atoms.